The molecule has 0 saturated heterocycles. The Morgan fingerprint density at radius 2 is 2.36 bits per heavy atom. The minimum absolute atomic E-state index is 0.171. The Balaban J connectivity index is 1.84. The third-order valence-corrected chi connectivity index (χ3v) is 4.97. The summed E-state index contributed by atoms with van der Waals surface area (Å²) in [6.07, 6.45) is 4.64. The molecule has 0 bridgehead atoms. The van der Waals surface area contributed by atoms with E-state index in [9.17, 15) is 4.79 Å². The highest BCUT2D eigenvalue weighted by atomic mass is 32.1. The van der Waals surface area contributed by atoms with Crippen molar-refractivity contribution in [2.75, 3.05) is 13.7 Å². The largest absolute Gasteiger partial charge is 0.493 e. The maximum absolute atomic E-state index is 11.7. The van der Waals surface area contributed by atoms with Gasteiger partial charge in [-0.15, -0.1) is 11.3 Å². The average molecular weight is 314 g/mol. The molecule has 2 aromatic heterocycles. The number of hydrogen-bond donors (Lipinski definition) is 0. The fourth-order valence-electron chi connectivity index (χ4n) is 2.85. The van der Waals surface area contributed by atoms with Crippen LogP contribution in [0, 0.1) is 0 Å². The summed E-state index contributed by atoms with van der Waals surface area (Å²) in [7, 11) is 1.40. The molecule has 5 nitrogen and oxygen atoms in total. The van der Waals surface area contributed by atoms with Gasteiger partial charge in [-0.3, -0.25) is 4.68 Å². The Kier molecular flexibility index (Phi) is 3.11. The lowest BCUT2D eigenvalue weighted by atomic mass is 9.99. The topological polar surface area (TPSA) is 53.4 Å². The molecule has 1 aliphatic rings. The van der Waals surface area contributed by atoms with Crippen molar-refractivity contribution < 1.29 is 14.3 Å². The van der Waals surface area contributed by atoms with E-state index in [-0.39, 0.29) is 12.0 Å². The lowest BCUT2D eigenvalue weighted by molar-refractivity contribution is 0.0606. The lowest BCUT2D eigenvalue weighted by Gasteiger charge is -2.26. The van der Waals surface area contributed by atoms with E-state index in [1.54, 1.807) is 6.20 Å². The minimum Gasteiger partial charge on any atom is -0.493 e. The number of aromatic nitrogens is 2. The molecule has 1 unspecified atom stereocenters. The van der Waals surface area contributed by atoms with Crippen LogP contribution in [0.2, 0.25) is 0 Å². The monoisotopic (exact) mass is 314 g/mol. The number of carbonyl (C=O) groups excluding carboxylic acids is 1. The third kappa shape index (κ3) is 2.07. The van der Waals surface area contributed by atoms with Gasteiger partial charge in [-0.2, -0.15) is 5.10 Å². The lowest BCUT2D eigenvalue weighted by Crippen LogP contribution is -2.20. The van der Waals surface area contributed by atoms with E-state index >= 15 is 0 Å². The van der Waals surface area contributed by atoms with E-state index in [0.717, 1.165) is 27.8 Å². The van der Waals surface area contributed by atoms with Gasteiger partial charge in [0.2, 0.25) is 0 Å². The Hall–Kier alpha value is -2.34. The fourth-order valence-corrected chi connectivity index (χ4v) is 3.84. The van der Waals surface area contributed by atoms with E-state index in [0.29, 0.717) is 11.5 Å². The van der Waals surface area contributed by atoms with Crippen molar-refractivity contribution in [2.45, 2.75) is 12.5 Å². The third-order valence-electron chi connectivity index (χ3n) is 3.89. The number of hydrogen-bond acceptors (Lipinski definition) is 5. The predicted molar refractivity (Wildman–Crippen MR) is 83.6 cm³/mol. The highest BCUT2D eigenvalue weighted by Crippen LogP contribution is 2.39. The summed E-state index contributed by atoms with van der Waals surface area (Å²) < 4.78 is 13.6. The molecule has 0 radical (unpaired) electrons. The number of fused-ring (bicyclic) bond motifs is 2. The van der Waals surface area contributed by atoms with Crippen LogP contribution in [0.4, 0.5) is 0 Å². The number of benzene rings is 1. The van der Waals surface area contributed by atoms with Gasteiger partial charge >= 0.3 is 5.97 Å². The number of methoxy groups -OCH3 is 1. The second-order valence-electron chi connectivity index (χ2n) is 5.17. The summed E-state index contributed by atoms with van der Waals surface area (Å²) >= 11 is 1.42. The molecule has 3 heterocycles. The number of esters is 1. The Labute approximate surface area is 131 Å². The van der Waals surface area contributed by atoms with Crippen molar-refractivity contribution in [1.29, 1.82) is 0 Å². The second kappa shape index (κ2) is 5.14. The van der Waals surface area contributed by atoms with Crippen LogP contribution < -0.4 is 4.74 Å². The molecule has 1 aromatic carbocycles. The van der Waals surface area contributed by atoms with Gasteiger partial charge in [0.1, 0.15) is 10.6 Å². The van der Waals surface area contributed by atoms with Gasteiger partial charge in [-0.1, -0.05) is 0 Å². The maximum Gasteiger partial charge on any atom is 0.348 e. The van der Waals surface area contributed by atoms with Crippen molar-refractivity contribution >= 4 is 27.4 Å². The highest BCUT2D eigenvalue weighted by Gasteiger charge is 2.25. The molecule has 0 spiro atoms. The maximum atomic E-state index is 11.7. The van der Waals surface area contributed by atoms with Crippen molar-refractivity contribution in [3.05, 3.63) is 47.1 Å². The summed E-state index contributed by atoms with van der Waals surface area (Å²) in [6, 6.07) is 8.08. The van der Waals surface area contributed by atoms with Crippen LogP contribution in [0.3, 0.4) is 0 Å². The summed E-state index contributed by atoms with van der Waals surface area (Å²) in [5.41, 5.74) is 1.11. The number of carbonyl (C=O) groups is 1. The van der Waals surface area contributed by atoms with Gasteiger partial charge in [0.15, 0.2) is 0 Å². The van der Waals surface area contributed by atoms with Gasteiger partial charge < -0.3 is 9.47 Å². The summed E-state index contributed by atoms with van der Waals surface area (Å²) in [5, 5.41) is 5.39. The molecule has 6 heteroatoms. The number of nitrogens with zero attached hydrogens (tertiary/aromatic N) is 2. The molecule has 3 aromatic rings. The van der Waals surface area contributed by atoms with Crippen molar-refractivity contribution in [3.8, 4) is 5.75 Å². The summed E-state index contributed by atoms with van der Waals surface area (Å²) in [5.74, 6) is 0.571. The molecule has 0 saturated carbocycles. The van der Waals surface area contributed by atoms with E-state index in [1.165, 1.54) is 18.4 Å². The Morgan fingerprint density at radius 1 is 1.45 bits per heavy atom. The van der Waals surface area contributed by atoms with Crippen LogP contribution >= 0.6 is 11.3 Å². The molecular formula is C16H14N2O3S. The van der Waals surface area contributed by atoms with Gasteiger partial charge in [0, 0.05) is 29.1 Å². The number of ether oxygens (including phenoxy) is 2. The van der Waals surface area contributed by atoms with Crippen LogP contribution in [0.5, 0.6) is 5.75 Å². The number of rotatable bonds is 2. The van der Waals surface area contributed by atoms with E-state index in [1.807, 2.05) is 29.1 Å². The zero-order valence-corrected chi connectivity index (χ0v) is 12.8. The average Bonchev–Trinajstić information content (AvgIpc) is 3.20. The molecular weight excluding hydrogens is 300 g/mol. The smallest absolute Gasteiger partial charge is 0.348 e. The molecule has 4 rings (SSSR count). The SMILES string of the molecule is COC(=O)c1cc2cc3c(cc2s1)OCCC3n1cccn1. The zero-order valence-electron chi connectivity index (χ0n) is 12.0. The van der Waals surface area contributed by atoms with Gasteiger partial charge in [0.05, 0.1) is 19.8 Å². The molecule has 0 aliphatic carbocycles. The van der Waals surface area contributed by atoms with E-state index in [2.05, 4.69) is 11.2 Å². The standard InChI is InChI=1S/C16H14N2O3S/c1-20-16(19)15-8-10-7-11-12(18-5-2-4-17-18)3-6-21-13(11)9-14(10)22-15/h2,4-5,7-9,12H,3,6H2,1H3. The minimum atomic E-state index is -0.302. The van der Waals surface area contributed by atoms with Gasteiger partial charge in [0.25, 0.3) is 0 Å². The first-order valence-corrected chi connectivity index (χ1v) is 7.85. The first kappa shape index (κ1) is 13.3. The van der Waals surface area contributed by atoms with Crippen LogP contribution in [0.1, 0.15) is 27.7 Å². The first-order chi connectivity index (χ1) is 10.8. The molecule has 0 fully saturated rings. The van der Waals surface area contributed by atoms with Gasteiger partial charge in [-0.05, 0) is 29.7 Å². The summed E-state index contributed by atoms with van der Waals surface area (Å²) in [4.78, 5) is 12.3. The summed E-state index contributed by atoms with van der Waals surface area (Å²) in [6.45, 7) is 0.665. The van der Waals surface area contributed by atoms with Crippen LogP contribution in [-0.2, 0) is 4.74 Å². The van der Waals surface area contributed by atoms with Gasteiger partial charge in [-0.25, -0.2) is 4.79 Å². The van der Waals surface area contributed by atoms with Crippen molar-refractivity contribution in [3.63, 3.8) is 0 Å². The van der Waals surface area contributed by atoms with Crippen LogP contribution in [0.25, 0.3) is 10.1 Å². The number of thiophene rings is 1. The van der Waals surface area contributed by atoms with E-state index in [4.69, 9.17) is 9.47 Å². The molecule has 22 heavy (non-hydrogen) atoms. The van der Waals surface area contributed by atoms with Crippen molar-refractivity contribution in [2.24, 2.45) is 0 Å². The molecule has 1 aliphatic heterocycles. The molecule has 0 N–H and O–H groups in total. The van der Waals surface area contributed by atoms with Crippen molar-refractivity contribution in [1.82, 2.24) is 9.78 Å². The fraction of sp³-hybridized carbons (Fsp3) is 0.250. The van der Waals surface area contributed by atoms with Crippen LogP contribution in [-0.4, -0.2) is 29.5 Å². The zero-order chi connectivity index (χ0) is 15.1. The normalized spacial score (nSPS) is 17.0. The van der Waals surface area contributed by atoms with Crippen LogP contribution in [0.15, 0.2) is 36.7 Å². The quantitative estimate of drug-likeness (QED) is 0.681. The Morgan fingerprint density at radius 3 is 3.14 bits per heavy atom. The first-order valence-electron chi connectivity index (χ1n) is 7.04. The molecule has 112 valence electrons. The molecule has 0 amide bonds. The highest BCUT2D eigenvalue weighted by molar-refractivity contribution is 7.20. The predicted octanol–water partition coefficient (Wildman–Crippen LogP) is 3.26. The van der Waals surface area contributed by atoms with E-state index < -0.39 is 0 Å². The Bertz CT molecular complexity index is 839. The second-order valence-corrected chi connectivity index (χ2v) is 6.25. The molecule has 1 atom stereocenters.